The molecule has 202 valence electrons. The Bertz CT molecular complexity index is 1300. The zero-order chi connectivity index (χ0) is 26.1. The Kier molecular flexibility index (Phi) is 7.50. The van der Waals surface area contributed by atoms with Crippen LogP contribution < -0.4 is 4.90 Å². The molecule has 2 aliphatic carbocycles. The van der Waals surface area contributed by atoms with Gasteiger partial charge in [0.05, 0.1) is 11.4 Å². The lowest BCUT2D eigenvalue weighted by atomic mass is 10.00. The van der Waals surface area contributed by atoms with Gasteiger partial charge in [0.15, 0.2) is 5.76 Å². The zero-order valence-corrected chi connectivity index (χ0v) is 23.1. The predicted molar refractivity (Wildman–Crippen MR) is 150 cm³/mol. The van der Waals surface area contributed by atoms with Crippen molar-refractivity contribution in [1.82, 2.24) is 14.9 Å². The molecule has 8 heteroatoms. The van der Waals surface area contributed by atoms with Crippen LogP contribution in [0.15, 0.2) is 40.9 Å². The van der Waals surface area contributed by atoms with Crippen molar-refractivity contribution >= 4 is 22.4 Å². The quantitative estimate of drug-likeness (QED) is 0.293. The molecule has 2 saturated carbocycles. The van der Waals surface area contributed by atoms with Crippen molar-refractivity contribution in [3.05, 3.63) is 53.5 Å². The number of anilines is 1. The highest BCUT2D eigenvalue weighted by Crippen LogP contribution is 2.41. The SMILES string of the molecule is Cn1nc(C2CC2)cc1CCCCCN(C(=O)C1CCS(=O)CC1)c1cccc(-c2cc(C3CC3)no2)c1. The van der Waals surface area contributed by atoms with E-state index in [4.69, 9.17) is 9.62 Å². The van der Waals surface area contributed by atoms with Crippen LogP contribution in [-0.4, -0.2) is 43.1 Å². The number of aryl methyl sites for hydroxylation is 2. The fourth-order valence-corrected chi connectivity index (χ4v) is 6.85. The Morgan fingerprint density at radius 3 is 2.53 bits per heavy atom. The standard InChI is InChI=1S/C30H38N4O3S/c1-33-25(19-27(31-33)21-9-10-21)7-3-2-4-15-34(30(35)23-13-16-38(36)17-14-23)26-8-5-6-24(18-26)29-20-28(32-37-29)22-11-12-22/h5-6,8,18-23H,2-4,7,9-17H2,1H3. The summed E-state index contributed by atoms with van der Waals surface area (Å²) in [7, 11) is 1.27. The van der Waals surface area contributed by atoms with Gasteiger partial charge in [0.25, 0.3) is 0 Å². The van der Waals surface area contributed by atoms with Crippen molar-refractivity contribution in [1.29, 1.82) is 0 Å². The van der Waals surface area contributed by atoms with Gasteiger partial charge >= 0.3 is 0 Å². The van der Waals surface area contributed by atoms with E-state index in [1.807, 2.05) is 40.9 Å². The van der Waals surface area contributed by atoms with Gasteiger partial charge in [0.1, 0.15) is 0 Å². The third-order valence-corrected chi connectivity index (χ3v) is 9.66. The number of rotatable bonds is 11. The first-order valence-electron chi connectivity index (χ1n) is 14.3. The number of nitrogens with zero attached hydrogens (tertiary/aromatic N) is 4. The van der Waals surface area contributed by atoms with Crippen LogP contribution in [0.3, 0.4) is 0 Å². The fraction of sp³-hybridized carbons (Fsp3) is 0.567. The van der Waals surface area contributed by atoms with Crippen LogP contribution in [0.25, 0.3) is 11.3 Å². The van der Waals surface area contributed by atoms with Crippen molar-refractivity contribution < 1.29 is 13.5 Å². The Morgan fingerprint density at radius 1 is 1.00 bits per heavy atom. The monoisotopic (exact) mass is 534 g/mol. The Labute approximate surface area is 227 Å². The topological polar surface area (TPSA) is 81.2 Å². The molecule has 0 N–H and O–H groups in total. The molecule has 3 heterocycles. The summed E-state index contributed by atoms with van der Waals surface area (Å²) in [5.41, 5.74) is 5.45. The molecule has 0 spiro atoms. The molecule has 38 heavy (non-hydrogen) atoms. The molecule has 6 rings (SSSR count). The minimum atomic E-state index is -0.783. The predicted octanol–water partition coefficient (Wildman–Crippen LogP) is 5.73. The van der Waals surface area contributed by atoms with E-state index in [-0.39, 0.29) is 11.8 Å². The minimum Gasteiger partial charge on any atom is -0.356 e. The van der Waals surface area contributed by atoms with Gasteiger partial charge in [-0.25, -0.2) is 0 Å². The smallest absolute Gasteiger partial charge is 0.230 e. The van der Waals surface area contributed by atoms with E-state index in [2.05, 4.69) is 17.3 Å². The normalized spacial score (nSPS) is 21.5. The lowest BCUT2D eigenvalue weighted by Crippen LogP contribution is -2.39. The van der Waals surface area contributed by atoms with E-state index in [9.17, 15) is 9.00 Å². The lowest BCUT2D eigenvalue weighted by Gasteiger charge is -2.29. The summed E-state index contributed by atoms with van der Waals surface area (Å²) in [6, 6.07) is 12.4. The molecule has 1 aliphatic heterocycles. The molecule has 0 atom stereocenters. The van der Waals surface area contributed by atoms with Crippen LogP contribution in [0.5, 0.6) is 0 Å². The largest absolute Gasteiger partial charge is 0.356 e. The van der Waals surface area contributed by atoms with Crippen LogP contribution in [0, 0.1) is 5.92 Å². The fourth-order valence-electron chi connectivity index (χ4n) is 5.55. The average molecular weight is 535 g/mol. The second-order valence-electron chi connectivity index (χ2n) is 11.3. The molecule has 3 aliphatic rings. The van der Waals surface area contributed by atoms with Crippen LogP contribution in [0.1, 0.15) is 86.7 Å². The van der Waals surface area contributed by atoms with E-state index in [1.165, 1.54) is 37.1 Å². The van der Waals surface area contributed by atoms with Crippen molar-refractivity contribution in [2.75, 3.05) is 23.0 Å². The molecule has 1 saturated heterocycles. The van der Waals surface area contributed by atoms with E-state index in [0.29, 0.717) is 42.7 Å². The molecule has 0 bridgehead atoms. The first-order valence-corrected chi connectivity index (χ1v) is 15.8. The number of carbonyl (C=O) groups is 1. The summed E-state index contributed by atoms with van der Waals surface area (Å²) < 4.78 is 19.6. The van der Waals surface area contributed by atoms with Gasteiger partial charge in [0.2, 0.25) is 5.91 Å². The summed E-state index contributed by atoms with van der Waals surface area (Å²) in [6.07, 6.45) is 10.4. The zero-order valence-electron chi connectivity index (χ0n) is 22.3. The van der Waals surface area contributed by atoms with Gasteiger partial charge in [-0.1, -0.05) is 23.7 Å². The molecule has 0 unspecified atom stereocenters. The van der Waals surface area contributed by atoms with E-state index >= 15 is 0 Å². The maximum absolute atomic E-state index is 13.7. The first-order chi connectivity index (χ1) is 18.5. The second-order valence-corrected chi connectivity index (χ2v) is 13.0. The number of carbonyl (C=O) groups excluding carboxylic acids is 1. The summed E-state index contributed by atoms with van der Waals surface area (Å²) in [6.45, 7) is 0.685. The van der Waals surface area contributed by atoms with E-state index < -0.39 is 10.8 Å². The molecule has 3 fully saturated rings. The van der Waals surface area contributed by atoms with E-state index in [1.54, 1.807) is 0 Å². The van der Waals surface area contributed by atoms with E-state index in [0.717, 1.165) is 48.4 Å². The molecular formula is C30H38N4O3S. The van der Waals surface area contributed by atoms with Crippen LogP contribution >= 0.6 is 0 Å². The average Bonchev–Trinajstić information content (AvgIpc) is 3.87. The number of benzene rings is 1. The minimum absolute atomic E-state index is 0.0570. The molecule has 2 aromatic heterocycles. The lowest BCUT2D eigenvalue weighted by molar-refractivity contribution is -0.122. The summed E-state index contributed by atoms with van der Waals surface area (Å²) in [5, 5.41) is 8.97. The van der Waals surface area contributed by atoms with Gasteiger partial charge in [-0.2, -0.15) is 5.10 Å². The van der Waals surface area contributed by atoms with Gasteiger partial charge in [-0.15, -0.1) is 0 Å². The maximum Gasteiger partial charge on any atom is 0.230 e. The van der Waals surface area contributed by atoms with Crippen molar-refractivity contribution in [3.63, 3.8) is 0 Å². The number of unbranched alkanes of at least 4 members (excludes halogenated alkanes) is 2. The first kappa shape index (κ1) is 25.5. The molecule has 3 aromatic rings. The summed E-state index contributed by atoms with van der Waals surface area (Å²) in [4.78, 5) is 15.7. The Hall–Kier alpha value is -2.74. The van der Waals surface area contributed by atoms with Crippen LogP contribution in [-0.2, 0) is 29.1 Å². The Balaban J connectivity index is 1.12. The third-order valence-electron chi connectivity index (χ3n) is 8.28. The van der Waals surface area contributed by atoms with Crippen molar-refractivity contribution in [2.24, 2.45) is 13.0 Å². The number of aromatic nitrogens is 3. The maximum atomic E-state index is 13.7. The molecule has 1 aromatic carbocycles. The highest BCUT2D eigenvalue weighted by Gasteiger charge is 2.30. The number of hydrogen-bond acceptors (Lipinski definition) is 5. The van der Waals surface area contributed by atoms with Gasteiger partial charge < -0.3 is 9.42 Å². The summed E-state index contributed by atoms with van der Waals surface area (Å²) >= 11 is 0. The number of amides is 1. The van der Waals surface area contributed by atoms with Crippen molar-refractivity contribution in [3.8, 4) is 11.3 Å². The third kappa shape index (κ3) is 5.95. The summed E-state index contributed by atoms with van der Waals surface area (Å²) in [5.74, 6) is 3.34. The van der Waals surface area contributed by atoms with Crippen LogP contribution in [0.2, 0.25) is 0 Å². The Morgan fingerprint density at radius 2 is 1.76 bits per heavy atom. The molecule has 7 nitrogen and oxygen atoms in total. The van der Waals surface area contributed by atoms with Crippen molar-refractivity contribution in [2.45, 2.75) is 76.0 Å². The highest BCUT2D eigenvalue weighted by molar-refractivity contribution is 7.85. The highest BCUT2D eigenvalue weighted by atomic mass is 32.2. The van der Waals surface area contributed by atoms with Gasteiger partial charge in [-0.05, 0) is 76.0 Å². The van der Waals surface area contributed by atoms with Gasteiger partial charge in [0, 0.05) is 76.7 Å². The molecule has 0 radical (unpaired) electrons. The van der Waals surface area contributed by atoms with Crippen LogP contribution in [0.4, 0.5) is 5.69 Å². The molecule has 1 amide bonds. The second kappa shape index (κ2) is 11.2. The molecular weight excluding hydrogens is 496 g/mol. The number of hydrogen-bond donors (Lipinski definition) is 0. The van der Waals surface area contributed by atoms with Gasteiger partial charge in [-0.3, -0.25) is 13.7 Å².